The smallest absolute Gasteiger partial charge is 0.166 e. The first kappa shape index (κ1) is 10.7. The lowest BCUT2D eigenvalue weighted by Gasteiger charge is -2.11. The summed E-state index contributed by atoms with van der Waals surface area (Å²) in [6.45, 7) is 0. The van der Waals surface area contributed by atoms with Gasteiger partial charge in [-0.15, -0.1) is 0 Å². The van der Waals surface area contributed by atoms with Crippen LogP contribution in [0.1, 0.15) is 5.56 Å². The Morgan fingerprint density at radius 2 is 2.07 bits per heavy atom. The zero-order valence-corrected chi connectivity index (χ0v) is 8.76. The van der Waals surface area contributed by atoms with Crippen LogP contribution in [0.3, 0.4) is 0 Å². The maximum Gasteiger partial charge on any atom is 0.166 e. The molecule has 0 saturated heterocycles. The van der Waals surface area contributed by atoms with E-state index >= 15 is 0 Å². The van der Waals surface area contributed by atoms with Gasteiger partial charge in [0.2, 0.25) is 0 Å². The largest absolute Gasteiger partial charge is 0.493 e. The summed E-state index contributed by atoms with van der Waals surface area (Å²) in [6, 6.07) is 5.43. The van der Waals surface area contributed by atoms with E-state index in [0.717, 1.165) is 0 Å². The van der Waals surface area contributed by atoms with Crippen molar-refractivity contribution >= 4 is 11.6 Å². The number of methoxy groups -OCH3 is 2. The Kier molecular flexibility index (Phi) is 3.61. The fraction of sp³-hybridized carbons (Fsp3) is 0.300. The van der Waals surface area contributed by atoms with Gasteiger partial charge in [0.05, 0.1) is 26.7 Å². The molecule has 4 heteroatoms. The molecule has 0 aliphatic heterocycles. The van der Waals surface area contributed by atoms with E-state index < -0.39 is 0 Å². The molecule has 0 fully saturated rings. The standard InChI is InChI=1S/C10H10ClNO2/c1-13-9-4-3-8(11)7(5-6-12)10(9)14-2/h3-4H,5H2,1-2H3. The minimum Gasteiger partial charge on any atom is -0.493 e. The number of benzene rings is 1. The van der Waals surface area contributed by atoms with Crippen molar-refractivity contribution in [2.75, 3.05) is 14.2 Å². The van der Waals surface area contributed by atoms with Gasteiger partial charge in [-0.2, -0.15) is 5.26 Å². The number of nitrogens with zero attached hydrogens (tertiary/aromatic N) is 1. The van der Waals surface area contributed by atoms with Crippen molar-refractivity contribution in [3.8, 4) is 17.6 Å². The van der Waals surface area contributed by atoms with Crippen LogP contribution in [0.25, 0.3) is 0 Å². The van der Waals surface area contributed by atoms with Crippen LogP contribution >= 0.6 is 11.6 Å². The SMILES string of the molecule is COc1ccc(Cl)c(CC#N)c1OC. The molecule has 0 aliphatic carbocycles. The molecule has 1 aromatic carbocycles. The first-order chi connectivity index (χ1) is 6.74. The van der Waals surface area contributed by atoms with Crippen LogP contribution in [0.5, 0.6) is 11.5 Å². The highest BCUT2D eigenvalue weighted by molar-refractivity contribution is 6.31. The number of hydrogen-bond acceptors (Lipinski definition) is 3. The second kappa shape index (κ2) is 4.73. The average molecular weight is 212 g/mol. The quantitative estimate of drug-likeness (QED) is 0.771. The molecule has 0 saturated carbocycles. The van der Waals surface area contributed by atoms with Crippen LogP contribution in [0, 0.1) is 11.3 Å². The van der Waals surface area contributed by atoms with Gasteiger partial charge in [-0.3, -0.25) is 0 Å². The van der Waals surface area contributed by atoms with Gasteiger partial charge in [0.15, 0.2) is 11.5 Å². The van der Waals surface area contributed by atoms with Crippen molar-refractivity contribution < 1.29 is 9.47 Å². The Hall–Kier alpha value is -1.40. The Labute approximate surface area is 87.8 Å². The summed E-state index contributed by atoms with van der Waals surface area (Å²) in [7, 11) is 3.07. The third kappa shape index (κ3) is 1.91. The lowest BCUT2D eigenvalue weighted by Crippen LogP contribution is -1.96. The van der Waals surface area contributed by atoms with Crippen LogP contribution in [-0.2, 0) is 6.42 Å². The number of hydrogen-bond donors (Lipinski definition) is 0. The summed E-state index contributed by atoms with van der Waals surface area (Å²) < 4.78 is 10.2. The third-order valence-corrected chi connectivity index (χ3v) is 2.20. The molecule has 74 valence electrons. The molecule has 1 aromatic rings. The lowest BCUT2D eigenvalue weighted by atomic mass is 10.1. The molecule has 14 heavy (non-hydrogen) atoms. The van der Waals surface area contributed by atoms with Crippen LogP contribution in [0.15, 0.2) is 12.1 Å². The molecule has 3 nitrogen and oxygen atoms in total. The van der Waals surface area contributed by atoms with Crippen molar-refractivity contribution in [3.05, 3.63) is 22.7 Å². The summed E-state index contributed by atoms with van der Waals surface area (Å²) in [5.74, 6) is 1.11. The Balaban J connectivity index is 3.28. The highest BCUT2D eigenvalue weighted by Gasteiger charge is 2.12. The second-order valence-corrected chi connectivity index (χ2v) is 3.00. The number of ether oxygens (including phenoxy) is 2. The molecule has 1 rings (SSSR count). The molecule has 0 radical (unpaired) electrons. The lowest BCUT2D eigenvalue weighted by molar-refractivity contribution is 0.352. The van der Waals surface area contributed by atoms with Gasteiger partial charge in [-0.25, -0.2) is 0 Å². The first-order valence-corrected chi connectivity index (χ1v) is 4.38. The summed E-state index contributed by atoms with van der Waals surface area (Å²) >= 11 is 5.93. The molecular formula is C10H10ClNO2. The number of halogens is 1. The van der Waals surface area contributed by atoms with Gasteiger partial charge < -0.3 is 9.47 Å². The van der Waals surface area contributed by atoms with Gasteiger partial charge in [0, 0.05) is 10.6 Å². The van der Waals surface area contributed by atoms with Crippen molar-refractivity contribution in [1.29, 1.82) is 5.26 Å². The van der Waals surface area contributed by atoms with E-state index in [1.165, 1.54) is 7.11 Å². The first-order valence-electron chi connectivity index (χ1n) is 4.01. The van der Waals surface area contributed by atoms with Crippen LogP contribution in [0.4, 0.5) is 0 Å². The molecule has 0 aliphatic rings. The number of nitriles is 1. The summed E-state index contributed by atoms with van der Waals surface area (Å²) in [5.41, 5.74) is 0.663. The highest BCUT2D eigenvalue weighted by Crippen LogP contribution is 2.35. The zero-order chi connectivity index (χ0) is 10.6. The predicted molar refractivity (Wildman–Crippen MR) is 53.9 cm³/mol. The van der Waals surface area contributed by atoms with Gasteiger partial charge in [0.1, 0.15) is 0 Å². The summed E-state index contributed by atoms with van der Waals surface area (Å²) in [6.07, 6.45) is 0.208. The Morgan fingerprint density at radius 3 is 2.57 bits per heavy atom. The summed E-state index contributed by atoms with van der Waals surface area (Å²) in [4.78, 5) is 0. The van der Waals surface area contributed by atoms with E-state index in [2.05, 4.69) is 0 Å². The van der Waals surface area contributed by atoms with Gasteiger partial charge in [0.25, 0.3) is 0 Å². The highest BCUT2D eigenvalue weighted by atomic mass is 35.5. The van der Waals surface area contributed by atoms with E-state index in [9.17, 15) is 0 Å². The Bertz CT molecular complexity index is 371. The average Bonchev–Trinajstić information content (AvgIpc) is 2.21. The van der Waals surface area contributed by atoms with E-state index in [0.29, 0.717) is 22.1 Å². The minimum absolute atomic E-state index is 0.208. The molecule has 0 amide bonds. The van der Waals surface area contributed by atoms with Gasteiger partial charge in [-0.05, 0) is 12.1 Å². The normalized spacial score (nSPS) is 9.29. The second-order valence-electron chi connectivity index (χ2n) is 2.60. The maximum absolute atomic E-state index is 8.62. The molecule has 0 unspecified atom stereocenters. The van der Waals surface area contributed by atoms with E-state index in [1.807, 2.05) is 6.07 Å². The molecule has 0 atom stereocenters. The van der Waals surface area contributed by atoms with Crippen LogP contribution in [0.2, 0.25) is 5.02 Å². The number of rotatable bonds is 3. The van der Waals surface area contributed by atoms with Crippen LogP contribution in [-0.4, -0.2) is 14.2 Å². The fourth-order valence-electron chi connectivity index (χ4n) is 1.21. The molecule has 0 spiro atoms. The van der Waals surface area contributed by atoms with Crippen molar-refractivity contribution in [3.63, 3.8) is 0 Å². The molecule has 0 heterocycles. The Morgan fingerprint density at radius 1 is 1.36 bits per heavy atom. The monoisotopic (exact) mass is 211 g/mol. The van der Waals surface area contributed by atoms with E-state index in [4.69, 9.17) is 26.3 Å². The maximum atomic E-state index is 8.62. The van der Waals surface area contributed by atoms with E-state index in [-0.39, 0.29) is 6.42 Å². The molecule has 0 bridgehead atoms. The molecule has 0 aromatic heterocycles. The van der Waals surface area contributed by atoms with Crippen molar-refractivity contribution in [2.24, 2.45) is 0 Å². The fourth-order valence-corrected chi connectivity index (χ4v) is 1.43. The van der Waals surface area contributed by atoms with E-state index in [1.54, 1.807) is 19.2 Å². The third-order valence-electron chi connectivity index (χ3n) is 1.85. The predicted octanol–water partition coefficient (Wildman–Crippen LogP) is 2.42. The van der Waals surface area contributed by atoms with Crippen molar-refractivity contribution in [1.82, 2.24) is 0 Å². The topological polar surface area (TPSA) is 42.2 Å². The summed E-state index contributed by atoms with van der Waals surface area (Å²) in [5, 5.41) is 9.14. The van der Waals surface area contributed by atoms with Gasteiger partial charge >= 0.3 is 0 Å². The minimum atomic E-state index is 0.208. The van der Waals surface area contributed by atoms with Crippen molar-refractivity contribution in [2.45, 2.75) is 6.42 Å². The van der Waals surface area contributed by atoms with Gasteiger partial charge in [-0.1, -0.05) is 11.6 Å². The van der Waals surface area contributed by atoms with Crippen LogP contribution < -0.4 is 9.47 Å². The zero-order valence-electron chi connectivity index (χ0n) is 8.00. The molecule has 0 N–H and O–H groups in total. The molecular weight excluding hydrogens is 202 g/mol.